The van der Waals surface area contributed by atoms with Crippen LogP contribution in [0.4, 0.5) is 0 Å². The standard InChI is InChI=1S/C19H25NO4/c1-13(22-2)12-19-7-5-8-20(19)9-6-14-10-16(23-3)17(24-4)11-15(14)18(19)21/h10-11H,1,5-9,12H2,2-4H3. The van der Waals surface area contributed by atoms with Crippen LogP contribution in [0.2, 0.25) is 0 Å². The molecule has 0 spiro atoms. The van der Waals surface area contributed by atoms with Crippen LogP contribution in [-0.4, -0.2) is 50.6 Å². The SMILES string of the molecule is C=C(CC12CCCN1CCc1cc(OC)c(OC)cc1C2=O)OC. The predicted octanol–water partition coefficient (Wildman–Crippen LogP) is 2.83. The number of methoxy groups -OCH3 is 3. The van der Waals surface area contributed by atoms with E-state index in [0.717, 1.165) is 43.5 Å². The molecule has 5 nitrogen and oxygen atoms in total. The zero-order valence-electron chi connectivity index (χ0n) is 14.7. The second kappa shape index (κ2) is 6.48. The molecular formula is C19H25NO4. The third kappa shape index (κ3) is 2.57. The Morgan fingerprint density at radius 2 is 1.92 bits per heavy atom. The van der Waals surface area contributed by atoms with Gasteiger partial charge in [-0.05, 0) is 43.5 Å². The first-order valence-electron chi connectivity index (χ1n) is 8.32. The fraction of sp³-hybridized carbons (Fsp3) is 0.526. The monoisotopic (exact) mass is 331 g/mol. The van der Waals surface area contributed by atoms with E-state index in [2.05, 4.69) is 11.5 Å². The molecule has 0 radical (unpaired) electrons. The van der Waals surface area contributed by atoms with Crippen molar-refractivity contribution in [2.45, 2.75) is 31.2 Å². The Hall–Kier alpha value is -2.01. The van der Waals surface area contributed by atoms with Crippen molar-refractivity contribution in [1.29, 1.82) is 0 Å². The number of benzene rings is 1. The zero-order valence-corrected chi connectivity index (χ0v) is 14.7. The van der Waals surface area contributed by atoms with Gasteiger partial charge >= 0.3 is 0 Å². The van der Waals surface area contributed by atoms with Gasteiger partial charge in [-0.1, -0.05) is 6.58 Å². The summed E-state index contributed by atoms with van der Waals surface area (Å²) >= 11 is 0. The summed E-state index contributed by atoms with van der Waals surface area (Å²) in [6, 6.07) is 3.77. The van der Waals surface area contributed by atoms with E-state index in [1.54, 1.807) is 21.3 Å². The number of Topliss-reactive ketones (excluding diaryl/α,β-unsaturated/α-hetero) is 1. The molecule has 130 valence electrons. The number of hydrogen-bond acceptors (Lipinski definition) is 5. The minimum absolute atomic E-state index is 0.145. The maximum absolute atomic E-state index is 13.5. The number of fused-ring (bicyclic) bond motifs is 2. The number of nitrogens with zero attached hydrogens (tertiary/aromatic N) is 1. The molecule has 24 heavy (non-hydrogen) atoms. The lowest BCUT2D eigenvalue weighted by molar-refractivity contribution is 0.0642. The summed E-state index contributed by atoms with van der Waals surface area (Å²) in [4.78, 5) is 15.8. The van der Waals surface area contributed by atoms with Gasteiger partial charge in [-0.2, -0.15) is 0 Å². The summed E-state index contributed by atoms with van der Waals surface area (Å²) in [5.74, 6) is 2.06. The van der Waals surface area contributed by atoms with Gasteiger partial charge < -0.3 is 14.2 Å². The van der Waals surface area contributed by atoms with Crippen molar-refractivity contribution in [3.8, 4) is 11.5 Å². The van der Waals surface area contributed by atoms with Crippen molar-refractivity contribution in [2.75, 3.05) is 34.4 Å². The van der Waals surface area contributed by atoms with Gasteiger partial charge in [-0.15, -0.1) is 0 Å². The van der Waals surface area contributed by atoms with Crippen LogP contribution in [-0.2, 0) is 11.2 Å². The Labute approximate surface area is 143 Å². The first kappa shape index (κ1) is 16.8. The highest BCUT2D eigenvalue weighted by molar-refractivity contribution is 6.05. The van der Waals surface area contributed by atoms with E-state index in [4.69, 9.17) is 14.2 Å². The number of rotatable bonds is 5. The molecule has 0 bridgehead atoms. The van der Waals surface area contributed by atoms with Crippen molar-refractivity contribution in [1.82, 2.24) is 4.90 Å². The van der Waals surface area contributed by atoms with Gasteiger partial charge in [0.05, 0.1) is 32.6 Å². The van der Waals surface area contributed by atoms with Crippen molar-refractivity contribution in [3.05, 3.63) is 35.6 Å². The van der Waals surface area contributed by atoms with Gasteiger partial charge in [0.25, 0.3) is 0 Å². The third-order valence-corrected chi connectivity index (χ3v) is 5.33. The Morgan fingerprint density at radius 3 is 2.58 bits per heavy atom. The summed E-state index contributed by atoms with van der Waals surface area (Å²) in [5.41, 5.74) is 1.22. The Balaban J connectivity index is 2.09. The maximum Gasteiger partial charge on any atom is 0.183 e. The second-order valence-corrected chi connectivity index (χ2v) is 6.49. The Kier molecular flexibility index (Phi) is 4.54. The molecule has 5 heteroatoms. The molecule has 2 aliphatic rings. The molecule has 0 amide bonds. The van der Waals surface area contributed by atoms with Gasteiger partial charge in [0.1, 0.15) is 0 Å². The molecule has 0 aliphatic carbocycles. The molecule has 0 saturated carbocycles. The molecule has 1 saturated heterocycles. The van der Waals surface area contributed by atoms with Crippen molar-refractivity contribution >= 4 is 5.78 Å². The molecule has 1 aromatic rings. The van der Waals surface area contributed by atoms with Crippen LogP contribution in [0.5, 0.6) is 11.5 Å². The topological polar surface area (TPSA) is 48.0 Å². The summed E-state index contributed by atoms with van der Waals surface area (Å²) in [5, 5.41) is 0. The number of carbonyl (C=O) groups is 1. The third-order valence-electron chi connectivity index (χ3n) is 5.33. The van der Waals surface area contributed by atoms with Gasteiger partial charge in [-0.25, -0.2) is 0 Å². The molecule has 0 aromatic heterocycles. The average molecular weight is 331 g/mol. The molecule has 2 aliphatic heterocycles. The van der Waals surface area contributed by atoms with E-state index in [0.29, 0.717) is 23.7 Å². The van der Waals surface area contributed by atoms with E-state index in [-0.39, 0.29) is 5.78 Å². The van der Waals surface area contributed by atoms with Gasteiger partial charge in [0.15, 0.2) is 17.3 Å². The summed E-state index contributed by atoms with van der Waals surface area (Å²) in [6.45, 7) is 5.75. The van der Waals surface area contributed by atoms with Crippen LogP contribution in [0, 0.1) is 0 Å². The number of hydrogen-bond donors (Lipinski definition) is 0. The highest BCUT2D eigenvalue weighted by Gasteiger charge is 2.49. The number of carbonyl (C=O) groups excluding carboxylic acids is 1. The largest absolute Gasteiger partial charge is 0.502 e. The normalized spacial score (nSPS) is 23.2. The molecule has 3 rings (SSSR count). The Morgan fingerprint density at radius 1 is 1.21 bits per heavy atom. The highest BCUT2D eigenvalue weighted by atomic mass is 16.5. The molecule has 1 fully saturated rings. The molecule has 1 atom stereocenters. The van der Waals surface area contributed by atoms with Crippen LogP contribution in [0.3, 0.4) is 0 Å². The minimum Gasteiger partial charge on any atom is -0.502 e. The number of ketones is 1. The molecule has 0 N–H and O–H groups in total. The van der Waals surface area contributed by atoms with Gasteiger partial charge in [0, 0.05) is 18.5 Å². The average Bonchev–Trinajstić information content (AvgIpc) is 2.97. The first-order chi connectivity index (χ1) is 11.6. The first-order valence-corrected chi connectivity index (χ1v) is 8.32. The van der Waals surface area contributed by atoms with Crippen LogP contribution >= 0.6 is 0 Å². The Bertz CT molecular complexity index is 670. The van der Waals surface area contributed by atoms with Gasteiger partial charge in [0.2, 0.25) is 0 Å². The van der Waals surface area contributed by atoms with Crippen molar-refractivity contribution in [3.63, 3.8) is 0 Å². The minimum atomic E-state index is -0.544. The molecular weight excluding hydrogens is 306 g/mol. The number of ether oxygens (including phenoxy) is 3. The van der Waals surface area contributed by atoms with Crippen LogP contribution in [0.15, 0.2) is 24.5 Å². The smallest absolute Gasteiger partial charge is 0.183 e. The predicted molar refractivity (Wildman–Crippen MR) is 91.9 cm³/mol. The summed E-state index contributed by atoms with van der Waals surface area (Å²) < 4.78 is 16.1. The lowest BCUT2D eigenvalue weighted by Crippen LogP contribution is -2.50. The molecule has 1 unspecified atom stereocenters. The summed E-state index contributed by atoms with van der Waals surface area (Å²) in [7, 11) is 4.82. The van der Waals surface area contributed by atoms with E-state index in [1.807, 2.05) is 12.1 Å². The molecule has 2 heterocycles. The van der Waals surface area contributed by atoms with Crippen molar-refractivity contribution < 1.29 is 19.0 Å². The van der Waals surface area contributed by atoms with E-state index < -0.39 is 5.54 Å². The summed E-state index contributed by atoms with van der Waals surface area (Å²) in [6.07, 6.45) is 3.21. The maximum atomic E-state index is 13.5. The highest BCUT2D eigenvalue weighted by Crippen LogP contribution is 2.42. The zero-order chi connectivity index (χ0) is 17.3. The van der Waals surface area contributed by atoms with Crippen LogP contribution in [0.1, 0.15) is 35.2 Å². The van der Waals surface area contributed by atoms with Crippen LogP contribution in [0.25, 0.3) is 0 Å². The quantitative estimate of drug-likeness (QED) is 0.777. The molecule has 1 aromatic carbocycles. The van der Waals surface area contributed by atoms with E-state index in [1.165, 1.54) is 0 Å². The van der Waals surface area contributed by atoms with Gasteiger partial charge in [-0.3, -0.25) is 9.69 Å². The van der Waals surface area contributed by atoms with E-state index >= 15 is 0 Å². The second-order valence-electron chi connectivity index (χ2n) is 6.49. The van der Waals surface area contributed by atoms with Crippen LogP contribution < -0.4 is 9.47 Å². The fourth-order valence-corrected chi connectivity index (χ4v) is 4.04. The lowest BCUT2D eigenvalue weighted by Gasteiger charge is -2.36. The van der Waals surface area contributed by atoms with E-state index in [9.17, 15) is 4.79 Å². The lowest BCUT2D eigenvalue weighted by atomic mass is 9.82. The van der Waals surface area contributed by atoms with Crippen molar-refractivity contribution in [2.24, 2.45) is 0 Å². The fourth-order valence-electron chi connectivity index (χ4n) is 4.04.